The number of piperidine rings is 1. The quantitative estimate of drug-likeness (QED) is 0.845. The molecule has 0 saturated carbocycles. The van der Waals surface area contributed by atoms with E-state index in [1.54, 1.807) is 18.3 Å². The van der Waals surface area contributed by atoms with E-state index in [2.05, 4.69) is 21.8 Å². The van der Waals surface area contributed by atoms with E-state index in [4.69, 9.17) is 28.9 Å². The minimum atomic E-state index is -0.487. The van der Waals surface area contributed by atoms with Gasteiger partial charge < -0.3 is 10.6 Å². The third-order valence-corrected chi connectivity index (χ3v) is 6.80. The predicted octanol–water partition coefficient (Wildman–Crippen LogP) is 3.48. The highest BCUT2D eigenvalue weighted by atomic mass is 35.5. The van der Waals surface area contributed by atoms with Crippen molar-refractivity contribution in [3.8, 4) is 0 Å². The summed E-state index contributed by atoms with van der Waals surface area (Å²) in [5.74, 6) is 0.274. The molecule has 2 heterocycles. The first-order chi connectivity index (χ1) is 11.9. The monoisotopic (exact) mass is 398 g/mol. The van der Waals surface area contributed by atoms with E-state index < -0.39 is 5.25 Å². The Labute approximate surface area is 161 Å². The second-order valence-corrected chi connectivity index (χ2v) is 8.59. The molecule has 0 bridgehead atoms. The van der Waals surface area contributed by atoms with Crippen LogP contribution < -0.4 is 5.73 Å². The fraction of sp³-hybridized carbons (Fsp3) is 0.471. The van der Waals surface area contributed by atoms with E-state index in [0.29, 0.717) is 22.5 Å². The number of guanidine groups is 1. The van der Waals surface area contributed by atoms with Crippen molar-refractivity contribution in [1.82, 2.24) is 4.90 Å². The molecule has 1 aromatic carbocycles. The summed E-state index contributed by atoms with van der Waals surface area (Å²) in [4.78, 5) is 23.8. The Hall–Kier alpha value is -1.08. The lowest BCUT2D eigenvalue weighted by molar-refractivity contribution is -0.116. The number of rotatable bonds is 3. The van der Waals surface area contributed by atoms with Gasteiger partial charge in [-0.15, -0.1) is 11.8 Å². The lowest BCUT2D eigenvalue weighted by Gasteiger charge is -2.39. The number of thioether (sulfide) groups is 1. The maximum absolute atomic E-state index is 12.4. The van der Waals surface area contributed by atoms with Crippen LogP contribution in [0.3, 0.4) is 0 Å². The zero-order chi connectivity index (χ0) is 18.0. The van der Waals surface area contributed by atoms with Gasteiger partial charge in [0.05, 0.1) is 10.0 Å². The van der Waals surface area contributed by atoms with Crippen LogP contribution >= 0.6 is 35.0 Å². The molecule has 0 aliphatic carbocycles. The molecule has 0 spiro atoms. The minimum Gasteiger partial charge on any atom is -0.341 e. The van der Waals surface area contributed by atoms with Crippen LogP contribution in [0.1, 0.15) is 19.8 Å². The highest BCUT2D eigenvalue weighted by Crippen LogP contribution is 2.36. The van der Waals surface area contributed by atoms with Gasteiger partial charge >= 0.3 is 0 Å². The molecular formula is C17H20Cl2N4OS. The molecule has 0 aromatic heterocycles. The van der Waals surface area contributed by atoms with Crippen molar-refractivity contribution >= 4 is 53.0 Å². The molecule has 134 valence electrons. The standard InChI is InChI=1S/C17H20Cl2N4OS/c1-17(10-20)5-7-23(8-6-17)16-21-9-13(15(24)22-16)25-12-4-2-3-11(18)14(12)19/h2-4,9,13H,5-8,10,20H2,1H3. The van der Waals surface area contributed by atoms with E-state index in [-0.39, 0.29) is 11.3 Å². The molecular weight excluding hydrogens is 379 g/mol. The van der Waals surface area contributed by atoms with Gasteiger partial charge in [-0.3, -0.25) is 4.79 Å². The molecule has 1 aromatic rings. The van der Waals surface area contributed by atoms with Gasteiger partial charge in [0.25, 0.3) is 5.91 Å². The Kier molecular flexibility index (Phi) is 5.73. The molecule has 1 amide bonds. The van der Waals surface area contributed by atoms with Crippen molar-refractivity contribution in [1.29, 1.82) is 0 Å². The number of carbonyl (C=O) groups excluding carboxylic acids is 1. The summed E-state index contributed by atoms with van der Waals surface area (Å²) < 4.78 is 0. The molecule has 1 unspecified atom stereocenters. The number of halogens is 2. The summed E-state index contributed by atoms with van der Waals surface area (Å²) in [6.07, 6.45) is 3.59. The highest BCUT2D eigenvalue weighted by molar-refractivity contribution is 8.01. The number of aliphatic imine (C=N–C) groups is 2. The lowest BCUT2D eigenvalue weighted by atomic mass is 9.81. The summed E-state index contributed by atoms with van der Waals surface area (Å²) in [6, 6.07) is 5.35. The van der Waals surface area contributed by atoms with Crippen LogP contribution in [0.2, 0.25) is 10.0 Å². The van der Waals surface area contributed by atoms with Crippen LogP contribution in [-0.4, -0.2) is 47.9 Å². The second-order valence-electron chi connectivity index (χ2n) is 6.62. The second kappa shape index (κ2) is 7.66. The molecule has 2 aliphatic heterocycles. The van der Waals surface area contributed by atoms with Crippen molar-refractivity contribution in [3.05, 3.63) is 28.2 Å². The Morgan fingerprint density at radius 2 is 2.08 bits per heavy atom. The van der Waals surface area contributed by atoms with Crippen molar-refractivity contribution < 1.29 is 4.79 Å². The normalized spacial score (nSPS) is 22.9. The van der Waals surface area contributed by atoms with E-state index in [0.717, 1.165) is 30.8 Å². The number of nitrogens with two attached hydrogens (primary N) is 1. The minimum absolute atomic E-state index is 0.168. The van der Waals surface area contributed by atoms with Gasteiger partial charge in [-0.25, -0.2) is 4.99 Å². The Balaban J connectivity index is 1.65. The Morgan fingerprint density at radius 1 is 1.36 bits per heavy atom. The number of benzene rings is 1. The number of hydrogen-bond acceptors (Lipinski definition) is 5. The maximum atomic E-state index is 12.4. The molecule has 1 atom stereocenters. The SMILES string of the molecule is CC1(CN)CCN(C2=NC(=O)C(Sc3cccc(Cl)c3Cl)C=N2)CC1. The first-order valence-electron chi connectivity index (χ1n) is 8.14. The van der Waals surface area contributed by atoms with Crippen molar-refractivity contribution in [2.24, 2.45) is 21.1 Å². The zero-order valence-electron chi connectivity index (χ0n) is 13.9. The summed E-state index contributed by atoms with van der Waals surface area (Å²) in [6.45, 7) is 4.50. The molecule has 25 heavy (non-hydrogen) atoms. The largest absolute Gasteiger partial charge is 0.341 e. The fourth-order valence-corrected chi connectivity index (χ4v) is 4.19. The number of carbonyl (C=O) groups is 1. The van der Waals surface area contributed by atoms with Crippen LogP contribution in [0.4, 0.5) is 0 Å². The number of nitrogens with zero attached hydrogens (tertiary/aromatic N) is 3. The molecule has 8 heteroatoms. The smallest absolute Gasteiger partial charge is 0.267 e. The molecule has 2 N–H and O–H groups in total. The van der Waals surface area contributed by atoms with Gasteiger partial charge in [0.2, 0.25) is 5.96 Å². The Morgan fingerprint density at radius 3 is 2.72 bits per heavy atom. The summed E-state index contributed by atoms with van der Waals surface area (Å²) in [5.41, 5.74) is 6.01. The summed E-state index contributed by atoms with van der Waals surface area (Å²) in [5, 5.41) is 0.424. The van der Waals surface area contributed by atoms with Gasteiger partial charge in [0.15, 0.2) is 0 Å². The number of hydrogen-bond donors (Lipinski definition) is 1. The van der Waals surface area contributed by atoms with Crippen LogP contribution in [0.25, 0.3) is 0 Å². The first kappa shape index (κ1) is 18.7. The van der Waals surface area contributed by atoms with Crippen LogP contribution in [0, 0.1) is 5.41 Å². The molecule has 5 nitrogen and oxygen atoms in total. The van der Waals surface area contributed by atoms with Crippen LogP contribution in [0.15, 0.2) is 33.1 Å². The van der Waals surface area contributed by atoms with E-state index in [9.17, 15) is 4.79 Å². The summed E-state index contributed by atoms with van der Waals surface area (Å²) >= 11 is 13.5. The van der Waals surface area contributed by atoms with E-state index in [1.807, 2.05) is 6.07 Å². The van der Waals surface area contributed by atoms with Crippen LogP contribution in [-0.2, 0) is 4.79 Å². The van der Waals surface area contributed by atoms with Crippen molar-refractivity contribution in [3.63, 3.8) is 0 Å². The molecule has 1 fully saturated rings. The number of likely N-dealkylation sites (tertiary alicyclic amines) is 1. The third kappa shape index (κ3) is 4.19. The highest BCUT2D eigenvalue weighted by Gasteiger charge is 2.32. The average molecular weight is 399 g/mol. The molecule has 0 radical (unpaired) electrons. The molecule has 3 rings (SSSR count). The predicted molar refractivity (Wildman–Crippen MR) is 105 cm³/mol. The van der Waals surface area contributed by atoms with Gasteiger partial charge in [0.1, 0.15) is 5.25 Å². The summed E-state index contributed by atoms with van der Waals surface area (Å²) in [7, 11) is 0. The maximum Gasteiger partial charge on any atom is 0.267 e. The van der Waals surface area contributed by atoms with Gasteiger partial charge in [-0.2, -0.15) is 4.99 Å². The van der Waals surface area contributed by atoms with Crippen molar-refractivity contribution in [2.75, 3.05) is 19.6 Å². The molecule has 2 aliphatic rings. The first-order valence-corrected chi connectivity index (χ1v) is 9.78. The Bertz CT molecular complexity index is 729. The molecule has 1 saturated heterocycles. The third-order valence-electron chi connectivity index (χ3n) is 4.70. The number of amides is 1. The zero-order valence-corrected chi connectivity index (χ0v) is 16.2. The van der Waals surface area contributed by atoms with Crippen molar-refractivity contribution in [2.45, 2.75) is 29.9 Å². The van der Waals surface area contributed by atoms with Gasteiger partial charge in [-0.05, 0) is 36.9 Å². The topological polar surface area (TPSA) is 71.0 Å². The van der Waals surface area contributed by atoms with E-state index >= 15 is 0 Å². The average Bonchev–Trinajstić information content (AvgIpc) is 2.61. The van der Waals surface area contributed by atoms with Gasteiger partial charge in [0, 0.05) is 24.2 Å². The van der Waals surface area contributed by atoms with E-state index in [1.165, 1.54) is 11.8 Å². The van der Waals surface area contributed by atoms with Crippen LogP contribution in [0.5, 0.6) is 0 Å². The van der Waals surface area contributed by atoms with Gasteiger partial charge in [-0.1, -0.05) is 36.2 Å². The lowest BCUT2D eigenvalue weighted by Crippen LogP contribution is -2.45. The fourth-order valence-electron chi connectivity index (χ4n) is 2.78.